The monoisotopic (exact) mass is 252 g/mol. The van der Waals surface area contributed by atoms with Crippen LogP contribution < -0.4 is 10.1 Å². The minimum atomic E-state index is 0.578. The predicted molar refractivity (Wildman–Crippen MR) is 72.8 cm³/mol. The number of nitrogens with zero attached hydrogens (tertiary/aromatic N) is 1. The van der Waals surface area contributed by atoms with E-state index in [1.165, 1.54) is 0 Å². The lowest BCUT2D eigenvalue weighted by atomic mass is 10.3. The quantitative estimate of drug-likeness (QED) is 0.649. The topological polar surface area (TPSA) is 43.4 Å². The van der Waals surface area contributed by atoms with Crippen LogP contribution >= 0.6 is 0 Å². The maximum atomic E-state index is 5.53. The summed E-state index contributed by atoms with van der Waals surface area (Å²) in [5, 5.41) is 3.31. The van der Waals surface area contributed by atoms with E-state index >= 15 is 0 Å². The molecule has 0 aliphatic heterocycles. The predicted octanol–water partition coefficient (Wildman–Crippen LogP) is 2.39. The van der Waals surface area contributed by atoms with Crippen molar-refractivity contribution < 1.29 is 9.47 Å². The highest BCUT2D eigenvalue weighted by atomic mass is 16.5. The lowest BCUT2D eigenvalue weighted by Gasteiger charge is -2.07. The molecule has 1 aromatic heterocycles. The van der Waals surface area contributed by atoms with Gasteiger partial charge in [0.2, 0.25) is 0 Å². The maximum absolute atomic E-state index is 5.53. The summed E-state index contributed by atoms with van der Waals surface area (Å²) in [5.74, 6) is 0.800. The summed E-state index contributed by atoms with van der Waals surface area (Å²) in [4.78, 5) is 4.34. The molecule has 18 heavy (non-hydrogen) atoms. The fourth-order valence-electron chi connectivity index (χ4n) is 1.46. The third kappa shape index (κ3) is 6.57. The maximum Gasteiger partial charge on any atom is 0.137 e. The van der Waals surface area contributed by atoms with Gasteiger partial charge in [-0.1, -0.05) is 13.8 Å². The van der Waals surface area contributed by atoms with Gasteiger partial charge in [0.25, 0.3) is 0 Å². The number of ether oxygens (including phenoxy) is 2. The Morgan fingerprint density at radius 3 is 2.67 bits per heavy atom. The first-order valence-electron chi connectivity index (χ1n) is 6.73. The van der Waals surface area contributed by atoms with Crippen LogP contribution in [0.2, 0.25) is 0 Å². The zero-order valence-electron chi connectivity index (χ0n) is 11.4. The number of hydrogen-bond acceptors (Lipinski definition) is 4. The van der Waals surface area contributed by atoms with E-state index in [4.69, 9.17) is 9.47 Å². The third-order valence-electron chi connectivity index (χ3n) is 2.38. The van der Waals surface area contributed by atoms with E-state index in [0.717, 1.165) is 44.0 Å². The number of pyridine rings is 1. The van der Waals surface area contributed by atoms with Gasteiger partial charge in [-0.2, -0.15) is 0 Å². The van der Waals surface area contributed by atoms with Gasteiger partial charge in [-0.25, -0.2) is 0 Å². The van der Waals surface area contributed by atoms with Gasteiger partial charge in [0.05, 0.1) is 18.5 Å². The Morgan fingerprint density at radius 2 is 2.00 bits per heavy atom. The number of hydrogen-bond donors (Lipinski definition) is 1. The summed E-state index contributed by atoms with van der Waals surface area (Å²) >= 11 is 0. The molecule has 0 atom stereocenters. The molecule has 0 saturated heterocycles. The van der Waals surface area contributed by atoms with Crippen molar-refractivity contribution in [3.8, 4) is 5.75 Å². The first-order valence-corrected chi connectivity index (χ1v) is 6.73. The molecule has 0 aliphatic rings. The normalized spacial score (nSPS) is 10.6. The minimum absolute atomic E-state index is 0.578. The van der Waals surface area contributed by atoms with Crippen molar-refractivity contribution in [3.63, 3.8) is 0 Å². The van der Waals surface area contributed by atoms with Crippen LogP contribution in [0.3, 0.4) is 0 Å². The van der Waals surface area contributed by atoms with E-state index in [1.54, 1.807) is 6.20 Å². The molecule has 0 aliphatic carbocycles. The van der Waals surface area contributed by atoms with Gasteiger partial charge in [-0.15, -0.1) is 0 Å². The van der Waals surface area contributed by atoms with Crippen molar-refractivity contribution in [2.45, 2.75) is 33.2 Å². The lowest BCUT2D eigenvalue weighted by Crippen LogP contribution is -2.14. The van der Waals surface area contributed by atoms with Gasteiger partial charge in [0.15, 0.2) is 0 Å². The summed E-state index contributed by atoms with van der Waals surface area (Å²) in [6.07, 6.45) is 3.95. The highest BCUT2D eigenvalue weighted by molar-refractivity contribution is 5.19. The van der Waals surface area contributed by atoms with Crippen molar-refractivity contribution in [3.05, 3.63) is 24.0 Å². The van der Waals surface area contributed by atoms with Crippen molar-refractivity contribution in [2.24, 2.45) is 0 Å². The summed E-state index contributed by atoms with van der Waals surface area (Å²) in [6, 6.07) is 3.95. The highest BCUT2D eigenvalue weighted by Gasteiger charge is 1.97. The molecular formula is C14H24N2O2. The summed E-state index contributed by atoms with van der Waals surface area (Å²) in [7, 11) is 0. The van der Waals surface area contributed by atoms with E-state index in [1.807, 2.05) is 12.1 Å². The number of aromatic nitrogens is 1. The van der Waals surface area contributed by atoms with Crippen LogP contribution in [0.25, 0.3) is 0 Å². The molecular weight excluding hydrogens is 228 g/mol. The van der Waals surface area contributed by atoms with Crippen LogP contribution in [0.1, 0.15) is 32.4 Å². The molecule has 1 aromatic rings. The molecule has 0 spiro atoms. The van der Waals surface area contributed by atoms with Crippen molar-refractivity contribution >= 4 is 0 Å². The Kier molecular flexibility index (Phi) is 8.17. The van der Waals surface area contributed by atoms with Gasteiger partial charge in [0, 0.05) is 13.2 Å². The molecule has 0 saturated carbocycles. The molecule has 0 unspecified atom stereocenters. The molecule has 1 N–H and O–H groups in total. The van der Waals surface area contributed by atoms with Crippen LogP contribution in [0.4, 0.5) is 0 Å². The molecule has 0 bridgehead atoms. The minimum Gasteiger partial charge on any atom is -0.490 e. The lowest BCUT2D eigenvalue weighted by molar-refractivity contribution is 0.100. The van der Waals surface area contributed by atoms with E-state index < -0.39 is 0 Å². The largest absolute Gasteiger partial charge is 0.490 e. The number of rotatable bonds is 10. The second kappa shape index (κ2) is 9.85. The zero-order valence-corrected chi connectivity index (χ0v) is 11.4. The molecule has 0 amide bonds. The molecule has 4 nitrogen and oxygen atoms in total. The van der Waals surface area contributed by atoms with Crippen LogP contribution in [-0.4, -0.2) is 31.3 Å². The van der Waals surface area contributed by atoms with Crippen LogP contribution in [0.5, 0.6) is 5.75 Å². The Bertz CT molecular complexity index is 301. The van der Waals surface area contributed by atoms with Gasteiger partial charge in [-0.05, 0) is 31.5 Å². The SMILES string of the molecule is CCCNCc1ccc(OCCOCCC)cn1. The second-order valence-corrected chi connectivity index (χ2v) is 4.12. The van der Waals surface area contributed by atoms with Crippen molar-refractivity contribution in [1.29, 1.82) is 0 Å². The molecule has 102 valence electrons. The molecule has 0 aromatic carbocycles. The van der Waals surface area contributed by atoms with Crippen LogP contribution in [0, 0.1) is 0 Å². The Morgan fingerprint density at radius 1 is 1.11 bits per heavy atom. The standard InChI is InChI=1S/C14H24N2O2/c1-3-7-15-11-13-5-6-14(12-16-13)18-10-9-17-8-4-2/h5-6,12,15H,3-4,7-11H2,1-2H3. The van der Waals surface area contributed by atoms with Crippen LogP contribution in [0.15, 0.2) is 18.3 Å². The summed E-state index contributed by atoms with van der Waals surface area (Å²) in [5.41, 5.74) is 1.04. The first kappa shape index (κ1) is 14.9. The smallest absolute Gasteiger partial charge is 0.137 e. The fourth-order valence-corrected chi connectivity index (χ4v) is 1.46. The Labute approximate surface area is 110 Å². The Balaban J connectivity index is 2.19. The van der Waals surface area contributed by atoms with Crippen molar-refractivity contribution in [2.75, 3.05) is 26.4 Å². The highest BCUT2D eigenvalue weighted by Crippen LogP contribution is 2.08. The molecule has 0 radical (unpaired) electrons. The van der Waals surface area contributed by atoms with Crippen molar-refractivity contribution in [1.82, 2.24) is 10.3 Å². The van der Waals surface area contributed by atoms with Gasteiger partial charge >= 0.3 is 0 Å². The molecule has 1 heterocycles. The van der Waals surface area contributed by atoms with E-state index in [-0.39, 0.29) is 0 Å². The van der Waals surface area contributed by atoms with Gasteiger partial charge < -0.3 is 14.8 Å². The third-order valence-corrected chi connectivity index (χ3v) is 2.38. The van der Waals surface area contributed by atoms with E-state index in [2.05, 4.69) is 24.1 Å². The summed E-state index contributed by atoms with van der Waals surface area (Å²) < 4.78 is 10.9. The zero-order chi connectivity index (χ0) is 13.1. The van der Waals surface area contributed by atoms with Gasteiger partial charge in [-0.3, -0.25) is 4.98 Å². The van der Waals surface area contributed by atoms with E-state index in [0.29, 0.717) is 13.2 Å². The average Bonchev–Trinajstić information content (AvgIpc) is 2.40. The average molecular weight is 252 g/mol. The number of nitrogens with one attached hydrogen (secondary N) is 1. The second-order valence-electron chi connectivity index (χ2n) is 4.12. The molecule has 4 heteroatoms. The fraction of sp³-hybridized carbons (Fsp3) is 0.643. The van der Waals surface area contributed by atoms with Crippen LogP contribution in [-0.2, 0) is 11.3 Å². The summed E-state index contributed by atoms with van der Waals surface area (Å²) in [6.45, 7) is 8.09. The van der Waals surface area contributed by atoms with Gasteiger partial charge in [0.1, 0.15) is 12.4 Å². The van der Waals surface area contributed by atoms with E-state index in [9.17, 15) is 0 Å². The molecule has 1 rings (SSSR count). The first-order chi connectivity index (χ1) is 8.86. The Hall–Kier alpha value is -1.13. The molecule has 0 fully saturated rings.